The summed E-state index contributed by atoms with van der Waals surface area (Å²) < 4.78 is 6.92. The van der Waals surface area contributed by atoms with Gasteiger partial charge >= 0.3 is 0 Å². The van der Waals surface area contributed by atoms with Crippen molar-refractivity contribution < 1.29 is 9.66 Å². The lowest BCUT2D eigenvalue weighted by atomic mass is 10.1. The molecule has 0 saturated carbocycles. The van der Waals surface area contributed by atoms with Gasteiger partial charge in [0.05, 0.1) is 17.7 Å². The third-order valence-electron chi connectivity index (χ3n) is 3.89. The molecule has 130 valence electrons. The van der Waals surface area contributed by atoms with Gasteiger partial charge in [0.15, 0.2) is 5.82 Å². The molecule has 0 fully saturated rings. The zero-order valence-electron chi connectivity index (χ0n) is 13.7. The molecule has 0 unspecified atom stereocenters. The zero-order chi connectivity index (χ0) is 18.1. The highest BCUT2D eigenvalue weighted by molar-refractivity contribution is 7.99. The lowest BCUT2D eigenvalue weighted by Crippen LogP contribution is -2.14. The summed E-state index contributed by atoms with van der Waals surface area (Å²) in [4.78, 5) is 10.6. The summed E-state index contributed by atoms with van der Waals surface area (Å²) in [6.45, 7) is 0. The Morgan fingerprint density at radius 1 is 1.15 bits per heavy atom. The number of benzene rings is 2. The quantitative estimate of drug-likeness (QED) is 0.519. The predicted molar refractivity (Wildman–Crippen MR) is 97.8 cm³/mol. The van der Waals surface area contributed by atoms with E-state index in [1.54, 1.807) is 17.9 Å². The highest BCUT2D eigenvalue weighted by Crippen LogP contribution is 2.30. The number of fused-ring (bicyclic) bond motifs is 1. The van der Waals surface area contributed by atoms with Crippen LogP contribution in [0.25, 0.3) is 11.4 Å². The second kappa shape index (κ2) is 6.60. The van der Waals surface area contributed by atoms with Crippen molar-refractivity contribution in [3.8, 4) is 17.1 Å². The predicted octanol–water partition coefficient (Wildman–Crippen LogP) is 3.22. The van der Waals surface area contributed by atoms with Gasteiger partial charge in [-0.3, -0.25) is 10.1 Å². The molecule has 2 aromatic carbocycles. The highest BCUT2D eigenvalue weighted by Gasteiger charge is 2.21. The molecule has 0 radical (unpaired) electrons. The molecule has 0 bridgehead atoms. The Morgan fingerprint density at radius 3 is 2.77 bits per heavy atom. The van der Waals surface area contributed by atoms with Crippen LogP contribution < -0.4 is 4.74 Å². The van der Waals surface area contributed by atoms with Crippen LogP contribution in [0.5, 0.6) is 5.75 Å². The lowest BCUT2D eigenvalue weighted by Gasteiger charge is -2.14. The normalized spacial score (nSPS) is 13.0. The third kappa shape index (κ3) is 2.93. The van der Waals surface area contributed by atoms with Crippen molar-refractivity contribution in [3.05, 3.63) is 64.2 Å². The molecule has 4 rings (SSSR count). The van der Waals surface area contributed by atoms with Gasteiger partial charge < -0.3 is 4.74 Å². The number of hydrogen-bond acceptors (Lipinski definition) is 7. The van der Waals surface area contributed by atoms with Crippen molar-refractivity contribution in [2.75, 3.05) is 12.9 Å². The number of thioether (sulfide) groups is 1. The van der Waals surface area contributed by atoms with Gasteiger partial charge in [0.1, 0.15) is 5.75 Å². The molecule has 0 aliphatic carbocycles. The van der Waals surface area contributed by atoms with Crippen LogP contribution in [0.3, 0.4) is 0 Å². The fourth-order valence-electron chi connectivity index (χ4n) is 2.61. The third-order valence-corrected chi connectivity index (χ3v) is 4.82. The smallest absolute Gasteiger partial charge is 0.270 e. The number of ether oxygens (including phenoxy) is 1. The van der Waals surface area contributed by atoms with Gasteiger partial charge in [-0.05, 0) is 12.1 Å². The Bertz CT molecular complexity index is 1030. The fourth-order valence-corrected chi connectivity index (χ4v) is 3.45. The summed E-state index contributed by atoms with van der Waals surface area (Å²) in [6.07, 6.45) is 0. The summed E-state index contributed by atoms with van der Waals surface area (Å²) in [5, 5.41) is 24.7. The molecule has 2 heterocycles. The maximum Gasteiger partial charge on any atom is 0.270 e. The van der Waals surface area contributed by atoms with Crippen LogP contribution >= 0.6 is 11.8 Å². The van der Waals surface area contributed by atoms with Crippen LogP contribution in [0.4, 0.5) is 5.69 Å². The molecule has 0 amide bonds. The van der Waals surface area contributed by atoms with E-state index in [9.17, 15) is 10.1 Å². The van der Waals surface area contributed by atoms with Crippen molar-refractivity contribution in [3.63, 3.8) is 0 Å². The first kappa shape index (κ1) is 16.3. The SMILES string of the molecule is COc1cccc(-c2nnc3n2N=C(c2cccc([N+](=O)[O-])c2)CS3)c1. The number of rotatable bonds is 4. The lowest BCUT2D eigenvalue weighted by molar-refractivity contribution is -0.384. The molecule has 0 saturated heterocycles. The molecule has 0 N–H and O–H groups in total. The van der Waals surface area contributed by atoms with E-state index in [1.807, 2.05) is 30.3 Å². The van der Waals surface area contributed by atoms with Gasteiger partial charge in [0.25, 0.3) is 5.69 Å². The molecular weight excluding hydrogens is 354 g/mol. The van der Waals surface area contributed by atoms with E-state index in [0.29, 0.717) is 28.0 Å². The summed E-state index contributed by atoms with van der Waals surface area (Å²) in [5.74, 6) is 1.87. The van der Waals surface area contributed by atoms with Crippen LogP contribution in [0.2, 0.25) is 0 Å². The molecule has 1 aromatic heterocycles. The minimum atomic E-state index is -0.411. The first-order valence-electron chi connectivity index (χ1n) is 7.71. The molecule has 1 aliphatic heterocycles. The van der Waals surface area contributed by atoms with Crippen LogP contribution in [-0.2, 0) is 0 Å². The van der Waals surface area contributed by atoms with Gasteiger partial charge in [-0.1, -0.05) is 36.0 Å². The summed E-state index contributed by atoms with van der Waals surface area (Å²) in [6, 6.07) is 13.9. The van der Waals surface area contributed by atoms with Crippen molar-refractivity contribution in [1.29, 1.82) is 0 Å². The van der Waals surface area contributed by atoms with Crippen molar-refractivity contribution in [2.45, 2.75) is 5.16 Å². The number of methoxy groups -OCH3 is 1. The second-order valence-electron chi connectivity index (χ2n) is 5.49. The number of non-ortho nitro benzene ring substituents is 1. The van der Waals surface area contributed by atoms with Crippen LogP contribution in [0, 0.1) is 10.1 Å². The van der Waals surface area contributed by atoms with Gasteiger partial charge in [-0.25, -0.2) is 0 Å². The first-order chi connectivity index (χ1) is 12.7. The van der Waals surface area contributed by atoms with Crippen molar-refractivity contribution in [2.24, 2.45) is 5.10 Å². The number of nitro groups is 1. The standard InChI is InChI=1S/C17H13N5O3S/c1-25-14-7-3-5-12(9-14)16-18-19-17-21(16)20-15(10-26-17)11-4-2-6-13(8-11)22(23)24/h2-9H,10H2,1H3. The highest BCUT2D eigenvalue weighted by atomic mass is 32.2. The summed E-state index contributed by atoms with van der Waals surface area (Å²) in [7, 11) is 1.60. The molecule has 0 atom stereocenters. The molecule has 26 heavy (non-hydrogen) atoms. The van der Waals surface area contributed by atoms with E-state index in [-0.39, 0.29) is 5.69 Å². The van der Waals surface area contributed by atoms with Crippen molar-refractivity contribution >= 4 is 23.2 Å². The monoisotopic (exact) mass is 367 g/mol. The van der Waals surface area contributed by atoms with E-state index in [4.69, 9.17) is 4.74 Å². The second-order valence-corrected chi connectivity index (χ2v) is 6.44. The van der Waals surface area contributed by atoms with E-state index in [2.05, 4.69) is 15.3 Å². The molecular formula is C17H13N5O3S. The average Bonchev–Trinajstić information content (AvgIpc) is 3.11. The number of hydrogen-bond donors (Lipinski definition) is 0. The molecule has 0 spiro atoms. The largest absolute Gasteiger partial charge is 0.497 e. The van der Waals surface area contributed by atoms with Gasteiger partial charge in [-0.15, -0.1) is 10.2 Å². The fraction of sp³-hybridized carbons (Fsp3) is 0.118. The first-order valence-corrected chi connectivity index (χ1v) is 8.69. The topological polar surface area (TPSA) is 95.4 Å². The Hall–Kier alpha value is -3.20. The summed E-state index contributed by atoms with van der Waals surface area (Å²) >= 11 is 1.49. The van der Waals surface area contributed by atoms with E-state index in [0.717, 1.165) is 11.3 Å². The van der Waals surface area contributed by atoms with E-state index >= 15 is 0 Å². The van der Waals surface area contributed by atoms with E-state index in [1.165, 1.54) is 23.9 Å². The van der Waals surface area contributed by atoms with Crippen LogP contribution in [0.1, 0.15) is 5.56 Å². The maximum absolute atomic E-state index is 11.0. The average molecular weight is 367 g/mol. The molecule has 1 aliphatic rings. The number of nitro benzene ring substituents is 1. The van der Waals surface area contributed by atoms with Crippen LogP contribution in [0.15, 0.2) is 58.8 Å². The minimum Gasteiger partial charge on any atom is -0.497 e. The Kier molecular flexibility index (Phi) is 4.13. The van der Waals surface area contributed by atoms with Crippen LogP contribution in [-0.4, -0.2) is 38.4 Å². The number of aromatic nitrogens is 3. The molecule has 3 aromatic rings. The Balaban J connectivity index is 1.77. The van der Waals surface area contributed by atoms with Gasteiger partial charge in [0.2, 0.25) is 5.16 Å². The molecule has 8 nitrogen and oxygen atoms in total. The Labute approximate surface area is 152 Å². The zero-order valence-corrected chi connectivity index (χ0v) is 14.5. The van der Waals surface area contributed by atoms with Crippen molar-refractivity contribution in [1.82, 2.24) is 14.9 Å². The van der Waals surface area contributed by atoms with Gasteiger partial charge in [0, 0.05) is 29.0 Å². The minimum absolute atomic E-state index is 0.0396. The Morgan fingerprint density at radius 2 is 1.96 bits per heavy atom. The van der Waals surface area contributed by atoms with E-state index < -0.39 is 4.92 Å². The molecule has 9 heteroatoms. The maximum atomic E-state index is 11.0. The summed E-state index contributed by atoms with van der Waals surface area (Å²) in [5.41, 5.74) is 2.31. The van der Waals surface area contributed by atoms with Gasteiger partial charge in [-0.2, -0.15) is 9.78 Å². The number of nitrogens with zero attached hydrogens (tertiary/aromatic N) is 5.